The average Bonchev–Trinajstić information content (AvgIpc) is 2.81. The molecule has 0 radical (unpaired) electrons. The molecule has 7 heteroatoms. The van der Waals surface area contributed by atoms with Gasteiger partial charge in [-0.2, -0.15) is 15.0 Å². The van der Waals surface area contributed by atoms with Gasteiger partial charge in [-0.1, -0.05) is 0 Å². The molecule has 1 aromatic heterocycles. The Bertz CT molecular complexity index is 395. The van der Waals surface area contributed by atoms with E-state index < -0.39 is 0 Å². The second-order valence-corrected chi connectivity index (χ2v) is 4.29. The van der Waals surface area contributed by atoms with Gasteiger partial charge in [0.2, 0.25) is 11.9 Å². The van der Waals surface area contributed by atoms with Crippen molar-refractivity contribution in [1.82, 2.24) is 15.0 Å². The van der Waals surface area contributed by atoms with Crippen LogP contribution < -0.4 is 15.8 Å². The maximum atomic E-state index is 5.61. The number of hydrogen-bond donors (Lipinski definition) is 2. The molecule has 2 rings (SSSR count). The van der Waals surface area contributed by atoms with Crippen LogP contribution in [0.2, 0.25) is 0 Å². The lowest BCUT2D eigenvalue weighted by molar-refractivity contribution is 0.183. The van der Waals surface area contributed by atoms with E-state index in [-0.39, 0.29) is 18.0 Å². The first-order chi connectivity index (χ1) is 8.69. The first-order valence-electron chi connectivity index (χ1n) is 6.17. The van der Waals surface area contributed by atoms with Crippen LogP contribution in [0.15, 0.2) is 0 Å². The summed E-state index contributed by atoms with van der Waals surface area (Å²) >= 11 is 0. The highest BCUT2D eigenvalue weighted by Gasteiger charge is 2.23. The lowest BCUT2D eigenvalue weighted by atomic mass is 10.0. The summed E-state index contributed by atoms with van der Waals surface area (Å²) in [5.74, 6) is 1.08. The molecule has 1 saturated heterocycles. The molecule has 100 valence electrons. The minimum atomic E-state index is 0.158. The molecule has 1 aromatic rings. The van der Waals surface area contributed by atoms with E-state index in [0.717, 1.165) is 19.6 Å². The van der Waals surface area contributed by atoms with E-state index >= 15 is 0 Å². The summed E-state index contributed by atoms with van der Waals surface area (Å²) < 4.78 is 10.6. The fourth-order valence-corrected chi connectivity index (χ4v) is 1.90. The Morgan fingerprint density at radius 1 is 1.50 bits per heavy atom. The molecule has 1 fully saturated rings. The van der Waals surface area contributed by atoms with Gasteiger partial charge < -0.3 is 20.5 Å². The molecule has 0 bridgehead atoms. The van der Waals surface area contributed by atoms with Crippen molar-refractivity contribution in [3.8, 4) is 6.01 Å². The number of rotatable bonds is 5. The quantitative estimate of drug-likeness (QED) is 0.797. The predicted molar refractivity (Wildman–Crippen MR) is 67.4 cm³/mol. The number of ether oxygens (including phenoxy) is 2. The van der Waals surface area contributed by atoms with Crippen molar-refractivity contribution in [2.75, 3.05) is 30.9 Å². The highest BCUT2D eigenvalue weighted by atomic mass is 16.5. The van der Waals surface area contributed by atoms with Crippen LogP contribution in [0.1, 0.15) is 20.3 Å². The Morgan fingerprint density at radius 2 is 2.33 bits per heavy atom. The van der Waals surface area contributed by atoms with E-state index in [4.69, 9.17) is 15.2 Å². The molecule has 18 heavy (non-hydrogen) atoms. The molecule has 0 saturated carbocycles. The number of hydrogen-bond acceptors (Lipinski definition) is 7. The molecular weight excluding hydrogens is 234 g/mol. The summed E-state index contributed by atoms with van der Waals surface area (Å²) in [5, 5.41) is 3.22. The van der Waals surface area contributed by atoms with Crippen LogP contribution in [0.4, 0.5) is 11.9 Å². The smallest absolute Gasteiger partial charge is 0.323 e. The molecule has 0 amide bonds. The minimum absolute atomic E-state index is 0.158. The van der Waals surface area contributed by atoms with Crippen molar-refractivity contribution in [3.05, 3.63) is 0 Å². The van der Waals surface area contributed by atoms with E-state index in [2.05, 4.69) is 27.2 Å². The lowest BCUT2D eigenvalue weighted by Gasteiger charge is -2.19. The van der Waals surface area contributed by atoms with Crippen LogP contribution in [0.3, 0.4) is 0 Å². The third kappa shape index (κ3) is 3.19. The second-order valence-electron chi connectivity index (χ2n) is 4.29. The maximum Gasteiger partial charge on any atom is 0.323 e. The number of anilines is 2. The van der Waals surface area contributed by atoms with Gasteiger partial charge in [-0.15, -0.1) is 0 Å². The Labute approximate surface area is 106 Å². The molecule has 1 aliphatic rings. The topological polar surface area (TPSA) is 95.2 Å². The fraction of sp³-hybridized carbons (Fsp3) is 0.727. The molecule has 1 aliphatic heterocycles. The fourth-order valence-electron chi connectivity index (χ4n) is 1.90. The Hall–Kier alpha value is -1.63. The number of aromatic nitrogens is 3. The van der Waals surface area contributed by atoms with Gasteiger partial charge in [0, 0.05) is 18.6 Å². The predicted octanol–water partition coefficient (Wildman–Crippen LogP) is 0.689. The summed E-state index contributed by atoms with van der Waals surface area (Å²) in [4.78, 5) is 12.1. The van der Waals surface area contributed by atoms with Gasteiger partial charge in [0.1, 0.15) is 0 Å². The zero-order chi connectivity index (χ0) is 13.0. The van der Waals surface area contributed by atoms with Crippen LogP contribution in [-0.4, -0.2) is 40.8 Å². The van der Waals surface area contributed by atoms with E-state index in [1.165, 1.54) is 0 Å². The van der Waals surface area contributed by atoms with Gasteiger partial charge in [-0.25, -0.2) is 0 Å². The van der Waals surface area contributed by atoms with Gasteiger partial charge in [0.05, 0.1) is 13.2 Å². The monoisotopic (exact) mass is 253 g/mol. The third-order valence-electron chi connectivity index (χ3n) is 2.93. The van der Waals surface area contributed by atoms with Crippen molar-refractivity contribution >= 4 is 11.9 Å². The summed E-state index contributed by atoms with van der Waals surface area (Å²) in [6.07, 6.45) is 1.05. The van der Waals surface area contributed by atoms with Crippen LogP contribution in [0.25, 0.3) is 0 Å². The van der Waals surface area contributed by atoms with Crippen molar-refractivity contribution in [3.63, 3.8) is 0 Å². The summed E-state index contributed by atoms with van der Waals surface area (Å²) in [7, 11) is 0. The highest BCUT2D eigenvalue weighted by Crippen LogP contribution is 2.19. The maximum absolute atomic E-state index is 5.61. The van der Waals surface area contributed by atoms with Crippen LogP contribution in [-0.2, 0) is 4.74 Å². The van der Waals surface area contributed by atoms with Crippen molar-refractivity contribution < 1.29 is 9.47 Å². The molecule has 7 nitrogen and oxygen atoms in total. The highest BCUT2D eigenvalue weighted by molar-refractivity contribution is 5.33. The van der Waals surface area contributed by atoms with Crippen LogP contribution in [0.5, 0.6) is 6.01 Å². The molecule has 0 spiro atoms. The Balaban J connectivity index is 2.03. The first-order valence-corrected chi connectivity index (χ1v) is 6.17. The SMILES string of the molecule is CCOc1nc(N)nc(NC(C)C2CCOC2)n1. The lowest BCUT2D eigenvalue weighted by Crippen LogP contribution is -2.27. The third-order valence-corrected chi connectivity index (χ3v) is 2.93. The van der Waals surface area contributed by atoms with Gasteiger partial charge in [-0.3, -0.25) is 0 Å². The van der Waals surface area contributed by atoms with Crippen molar-refractivity contribution in [1.29, 1.82) is 0 Å². The summed E-state index contributed by atoms with van der Waals surface area (Å²) in [6.45, 7) is 6.04. The molecule has 0 aliphatic carbocycles. The van der Waals surface area contributed by atoms with Crippen LogP contribution in [0, 0.1) is 5.92 Å². The largest absolute Gasteiger partial charge is 0.464 e. The van der Waals surface area contributed by atoms with Gasteiger partial charge in [0.15, 0.2) is 0 Å². The normalized spacial score (nSPS) is 20.7. The second kappa shape index (κ2) is 5.81. The molecular formula is C11H19N5O2. The molecule has 3 N–H and O–H groups in total. The van der Waals surface area contributed by atoms with E-state index in [1.54, 1.807) is 0 Å². The van der Waals surface area contributed by atoms with E-state index in [1.807, 2.05) is 6.92 Å². The molecule has 0 aromatic carbocycles. The summed E-state index contributed by atoms with van der Waals surface area (Å²) in [5.41, 5.74) is 5.61. The number of nitrogens with zero attached hydrogens (tertiary/aromatic N) is 3. The van der Waals surface area contributed by atoms with Crippen molar-refractivity contribution in [2.45, 2.75) is 26.3 Å². The zero-order valence-electron chi connectivity index (χ0n) is 10.7. The zero-order valence-corrected chi connectivity index (χ0v) is 10.7. The number of nitrogen functional groups attached to an aromatic ring is 1. The number of nitrogens with two attached hydrogens (primary N) is 1. The van der Waals surface area contributed by atoms with E-state index in [9.17, 15) is 0 Å². The standard InChI is InChI=1S/C11H19N5O2/c1-3-18-11-15-9(12)14-10(16-11)13-7(2)8-4-5-17-6-8/h7-8H,3-6H2,1-2H3,(H3,12,13,14,15,16). The van der Waals surface area contributed by atoms with Gasteiger partial charge >= 0.3 is 6.01 Å². The molecule has 2 heterocycles. The summed E-state index contributed by atoms with van der Waals surface area (Å²) in [6, 6.07) is 0.478. The Kier molecular flexibility index (Phi) is 4.14. The average molecular weight is 253 g/mol. The molecule has 2 unspecified atom stereocenters. The van der Waals surface area contributed by atoms with Crippen LogP contribution >= 0.6 is 0 Å². The van der Waals surface area contributed by atoms with Crippen molar-refractivity contribution in [2.24, 2.45) is 5.92 Å². The first kappa shape index (κ1) is 12.8. The Morgan fingerprint density at radius 3 is 3.00 bits per heavy atom. The molecule has 2 atom stereocenters. The van der Waals surface area contributed by atoms with Gasteiger partial charge in [0.25, 0.3) is 0 Å². The minimum Gasteiger partial charge on any atom is -0.464 e. The van der Waals surface area contributed by atoms with E-state index in [0.29, 0.717) is 18.5 Å². The number of nitrogens with one attached hydrogen (secondary N) is 1. The van der Waals surface area contributed by atoms with Gasteiger partial charge in [-0.05, 0) is 20.3 Å².